The number of hydrogen-bond donors (Lipinski definition) is 0. The Bertz CT molecular complexity index is 795. The van der Waals surface area contributed by atoms with E-state index in [2.05, 4.69) is 9.97 Å². The molecule has 4 nitrogen and oxygen atoms in total. The molecule has 0 saturated heterocycles. The molecule has 0 aliphatic heterocycles. The van der Waals surface area contributed by atoms with Gasteiger partial charge in [0, 0.05) is 16.8 Å². The number of rotatable bonds is 5. The second kappa shape index (κ2) is 7.02. The SMILES string of the molecule is Cc1nc(C(=O)N(Cc2ccccc2)Cc2scnc2C)cs1. The van der Waals surface area contributed by atoms with Crippen LogP contribution >= 0.6 is 22.7 Å². The molecule has 0 unspecified atom stereocenters. The van der Waals surface area contributed by atoms with Gasteiger partial charge in [-0.25, -0.2) is 9.97 Å². The van der Waals surface area contributed by atoms with Gasteiger partial charge in [-0.05, 0) is 19.4 Å². The zero-order valence-corrected chi connectivity index (χ0v) is 14.7. The van der Waals surface area contributed by atoms with Crippen LogP contribution in [-0.4, -0.2) is 20.8 Å². The number of hydrogen-bond acceptors (Lipinski definition) is 5. The van der Waals surface area contributed by atoms with Gasteiger partial charge < -0.3 is 4.90 Å². The van der Waals surface area contributed by atoms with Gasteiger partial charge in [-0.2, -0.15) is 0 Å². The summed E-state index contributed by atoms with van der Waals surface area (Å²) >= 11 is 3.08. The van der Waals surface area contributed by atoms with Gasteiger partial charge in [0.05, 0.1) is 22.8 Å². The summed E-state index contributed by atoms with van der Waals surface area (Å²) in [4.78, 5) is 24.4. The first-order valence-corrected chi connectivity index (χ1v) is 9.03. The molecule has 0 atom stereocenters. The Morgan fingerprint density at radius 2 is 1.91 bits per heavy atom. The number of carbonyl (C=O) groups excluding carboxylic acids is 1. The van der Waals surface area contributed by atoms with Crippen molar-refractivity contribution in [3.05, 3.63) is 68.1 Å². The van der Waals surface area contributed by atoms with Crippen LogP contribution in [0.15, 0.2) is 41.2 Å². The minimum Gasteiger partial charge on any atom is -0.328 e. The summed E-state index contributed by atoms with van der Waals surface area (Å²) in [5.74, 6) is -0.0361. The van der Waals surface area contributed by atoms with Gasteiger partial charge in [-0.15, -0.1) is 22.7 Å². The topological polar surface area (TPSA) is 46.1 Å². The summed E-state index contributed by atoms with van der Waals surface area (Å²) in [7, 11) is 0. The summed E-state index contributed by atoms with van der Waals surface area (Å²) < 4.78 is 0. The zero-order valence-electron chi connectivity index (χ0n) is 13.0. The second-order valence-corrected chi connectivity index (χ2v) is 7.26. The van der Waals surface area contributed by atoms with Gasteiger partial charge in [0.1, 0.15) is 5.69 Å². The fourth-order valence-corrected chi connectivity index (χ4v) is 3.66. The largest absolute Gasteiger partial charge is 0.328 e. The molecule has 2 aromatic heterocycles. The van der Waals surface area contributed by atoms with E-state index in [-0.39, 0.29) is 5.91 Å². The second-order valence-electron chi connectivity index (χ2n) is 5.26. The van der Waals surface area contributed by atoms with E-state index in [1.165, 1.54) is 11.3 Å². The maximum absolute atomic E-state index is 12.9. The van der Waals surface area contributed by atoms with Crippen LogP contribution in [0.4, 0.5) is 0 Å². The van der Waals surface area contributed by atoms with Gasteiger partial charge in [-0.3, -0.25) is 4.79 Å². The van der Waals surface area contributed by atoms with Gasteiger partial charge >= 0.3 is 0 Å². The molecular weight excluding hydrogens is 326 g/mol. The molecule has 2 heterocycles. The van der Waals surface area contributed by atoms with Crippen LogP contribution in [0.3, 0.4) is 0 Å². The van der Waals surface area contributed by atoms with Gasteiger partial charge in [0.25, 0.3) is 5.91 Å². The first-order chi connectivity index (χ1) is 11.1. The lowest BCUT2D eigenvalue weighted by Crippen LogP contribution is -2.30. The zero-order chi connectivity index (χ0) is 16.2. The predicted molar refractivity (Wildman–Crippen MR) is 93.7 cm³/mol. The molecule has 0 radical (unpaired) electrons. The number of aryl methyl sites for hydroxylation is 2. The molecule has 0 bridgehead atoms. The molecule has 1 amide bonds. The van der Waals surface area contributed by atoms with Crippen molar-refractivity contribution in [3.8, 4) is 0 Å². The average Bonchev–Trinajstić information content (AvgIpc) is 3.16. The van der Waals surface area contributed by atoms with Gasteiger partial charge in [0.15, 0.2) is 0 Å². The van der Waals surface area contributed by atoms with E-state index in [4.69, 9.17) is 0 Å². The van der Waals surface area contributed by atoms with Crippen molar-refractivity contribution in [1.29, 1.82) is 0 Å². The summed E-state index contributed by atoms with van der Waals surface area (Å²) in [5.41, 5.74) is 4.43. The fraction of sp³-hybridized carbons (Fsp3) is 0.235. The summed E-state index contributed by atoms with van der Waals surface area (Å²) in [6, 6.07) is 10.0. The van der Waals surface area contributed by atoms with Crippen molar-refractivity contribution in [2.24, 2.45) is 0 Å². The maximum atomic E-state index is 12.9. The summed E-state index contributed by atoms with van der Waals surface area (Å²) in [6.07, 6.45) is 0. The lowest BCUT2D eigenvalue weighted by molar-refractivity contribution is 0.0726. The highest BCUT2D eigenvalue weighted by atomic mass is 32.1. The molecule has 0 aliphatic carbocycles. The molecule has 0 aliphatic rings. The molecule has 1 aromatic carbocycles. The molecule has 6 heteroatoms. The lowest BCUT2D eigenvalue weighted by Gasteiger charge is -2.21. The number of aromatic nitrogens is 2. The molecule has 118 valence electrons. The summed E-state index contributed by atoms with van der Waals surface area (Å²) in [6.45, 7) is 5.01. The highest BCUT2D eigenvalue weighted by molar-refractivity contribution is 7.10. The number of carbonyl (C=O) groups is 1. The van der Waals surface area contributed by atoms with Crippen molar-refractivity contribution in [3.63, 3.8) is 0 Å². The third-order valence-electron chi connectivity index (χ3n) is 3.52. The molecule has 0 N–H and O–H groups in total. The number of nitrogens with zero attached hydrogens (tertiary/aromatic N) is 3. The van der Waals surface area contributed by atoms with Crippen molar-refractivity contribution >= 4 is 28.6 Å². The van der Waals surface area contributed by atoms with E-state index in [1.54, 1.807) is 11.3 Å². The molecule has 0 saturated carbocycles. The van der Waals surface area contributed by atoms with Crippen molar-refractivity contribution < 1.29 is 4.79 Å². The normalized spacial score (nSPS) is 10.7. The van der Waals surface area contributed by atoms with Crippen LogP contribution in [0.5, 0.6) is 0 Å². The highest BCUT2D eigenvalue weighted by Crippen LogP contribution is 2.20. The Labute approximate surface area is 143 Å². The molecule has 0 spiro atoms. The number of thiazole rings is 2. The third-order valence-corrected chi connectivity index (χ3v) is 5.21. The maximum Gasteiger partial charge on any atom is 0.273 e. The van der Waals surface area contributed by atoms with Crippen molar-refractivity contribution in [2.75, 3.05) is 0 Å². The third kappa shape index (κ3) is 3.83. The van der Waals surface area contributed by atoms with Crippen molar-refractivity contribution in [1.82, 2.24) is 14.9 Å². The molecular formula is C17H17N3OS2. The Hall–Kier alpha value is -2.05. The Balaban J connectivity index is 1.86. The Kier molecular flexibility index (Phi) is 4.83. The average molecular weight is 343 g/mol. The highest BCUT2D eigenvalue weighted by Gasteiger charge is 2.20. The molecule has 3 rings (SSSR count). The molecule has 3 aromatic rings. The lowest BCUT2D eigenvalue weighted by atomic mass is 10.2. The van der Waals surface area contributed by atoms with E-state index in [0.717, 1.165) is 21.1 Å². The Morgan fingerprint density at radius 3 is 2.52 bits per heavy atom. The van der Waals surface area contributed by atoms with E-state index in [0.29, 0.717) is 18.8 Å². The fourth-order valence-electron chi connectivity index (χ4n) is 2.28. The van der Waals surface area contributed by atoms with E-state index in [9.17, 15) is 4.79 Å². The van der Waals surface area contributed by atoms with E-state index >= 15 is 0 Å². The molecule has 23 heavy (non-hydrogen) atoms. The van der Waals surface area contributed by atoms with Gasteiger partial charge in [0.2, 0.25) is 0 Å². The van der Waals surface area contributed by atoms with Crippen LogP contribution in [0.2, 0.25) is 0 Å². The monoisotopic (exact) mass is 343 g/mol. The number of amides is 1. The number of benzene rings is 1. The summed E-state index contributed by atoms with van der Waals surface area (Å²) in [5, 5.41) is 2.73. The van der Waals surface area contributed by atoms with E-state index < -0.39 is 0 Å². The minimum absolute atomic E-state index is 0.0361. The minimum atomic E-state index is -0.0361. The van der Waals surface area contributed by atoms with Crippen LogP contribution in [0, 0.1) is 13.8 Å². The standard InChI is InChI=1S/C17H17N3OS2/c1-12-16(23-11-18-12)9-20(8-14-6-4-3-5-7-14)17(21)15-10-22-13(2)19-15/h3-7,10-11H,8-9H2,1-2H3. The van der Waals surface area contributed by atoms with Crippen LogP contribution in [0.25, 0.3) is 0 Å². The van der Waals surface area contributed by atoms with E-state index in [1.807, 2.05) is 60.0 Å². The first-order valence-electron chi connectivity index (χ1n) is 7.28. The smallest absolute Gasteiger partial charge is 0.273 e. The van der Waals surface area contributed by atoms with Gasteiger partial charge in [-0.1, -0.05) is 30.3 Å². The Morgan fingerprint density at radius 1 is 1.13 bits per heavy atom. The van der Waals surface area contributed by atoms with Crippen LogP contribution < -0.4 is 0 Å². The van der Waals surface area contributed by atoms with Crippen molar-refractivity contribution in [2.45, 2.75) is 26.9 Å². The first kappa shape index (κ1) is 15.8. The van der Waals surface area contributed by atoms with Crippen LogP contribution in [0.1, 0.15) is 31.6 Å². The predicted octanol–water partition coefficient (Wildman–Crippen LogP) is 4.06. The van der Waals surface area contributed by atoms with Crippen LogP contribution in [-0.2, 0) is 13.1 Å². The quantitative estimate of drug-likeness (QED) is 0.702. The molecule has 0 fully saturated rings.